The maximum atomic E-state index is 12.6. The monoisotopic (exact) mass is 592 g/mol. The Labute approximate surface area is 236 Å². The first-order chi connectivity index (χ1) is 18.0. The van der Waals surface area contributed by atoms with Crippen molar-refractivity contribution in [3.63, 3.8) is 0 Å². The summed E-state index contributed by atoms with van der Waals surface area (Å²) in [5, 5.41) is -1.79. The van der Waals surface area contributed by atoms with Crippen molar-refractivity contribution in [2.45, 2.75) is 87.5 Å². The van der Waals surface area contributed by atoms with Gasteiger partial charge in [-0.3, -0.25) is 0 Å². The van der Waals surface area contributed by atoms with Gasteiger partial charge in [0.15, 0.2) is 19.7 Å². The first-order valence-electron chi connectivity index (χ1n) is 13.4. The van der Waals surface area contributed by atoms with Gasteiger partial charge in [0.05, 0.1) is 10.5 Å². The lowest BCUT2D eigenvalue weighted by molar-refractivity contribution is 0.579. The summed E-state index contributed by atoms with van der Waals surface area (Å²) in [4.78, 5) is 0. The average Bonchev–Trinajstić information content (AvgIpc) is 2.87. The predicted molar refractivity (Wildman–Crippen MR) is 156 cm³/mol. The molecule has 0 aromatic rings. The SMILES string of the molecule is C=C1CC2=C(CC3=C(C2)CC2=C(CC4=C(C2)CC2=C(CC(=C)C(S(=O)(=O)CCl)C2)C4)C3)CC1S(=O)(=O)CCl. The fourth-order valence-electron chi connectivity index (χ4n) is 7.67. The van der Waals surface area contributed by atoms with E-state index < -0.39 is 30.2 Å². The molecule has 2 atom stereocenters. The van der Waals surface area contributed by atoms with Crippen molar-refractivity contribution < 1.29 is 16.8 Å². The van der Waals surface area contributed by atoms with Gasteiger partial charge in [0, 0.05) is 0 Å². The quantitative estimate of drug-likeness (QED) is 0.253. The topological polar surface area (TPSA) is 68.3 Å². The Morgan fingerprint density at radius 3 is 0.974 bits per heavy atom. The lowest BCUT2D eigenvalue weighted by Gasteiger charge is -2.40. The molecule has 2 unspecified atom stereocenters. The van der Waals surface area contributed by atoms with E-state index in [1.807, 2.05) is 0 Å². The molecule has 0 heterocycles. The molecule has 0 amide bonds. The molecule has 0 aliphatic heterocycles. The third-order valence-corrected chi connectivity index (χ3v) is 14.9. The highest BCUT2D eigenvalue weighted by Crippen LogP contribution is 2.53. The Morgan fingerprint density at radius 2 is 0.711 bits per heavy atom. The minimum Gasteiger partial charge on any atom is -0.227 e. The second-order valence-corrected chi connectivity index (χ2v) is 17.6. The summed E-state index contributed by atoms with van der Waals surface area (Å²) in [6, 6.07) is 0. The summed E-state index contributed by atoms with van der Waals surface area (Å²) in [5.41, 5.74) is 16.1. The van der Waals surface area contributed by atoms with Crippen LogP contribution in [0, 0.1) is 0 Å². The first-order valence-corrected chi connectivity index (χ1v) is 17.9. The average molecular weight is 594 g/mol. The van der Waals surface area contributed by atoms with E-state index in [1.54, 1.807) is 11.1 Å². The van der Waals surface area contributed by atoms with Gasteiger partial charge in [0.2, 0.25) is 0 Å². The van der Waals surface area contributed by atoms with Crippen molar-refractivity contribution in [2.24, 2.45) is 0 Å². The van der Waals surface area contributed by atoms with Gasteiger partial charge in [-0.1, -0.05) is 80.0 Å². The highest BCUT2D eigenvalue weighted by Gasteiger charge is 2.39. The van der Waals surface area contributed by atoms with Gasteiger partial charge < -0.3 is 0 Å². The number of halogens is 2. The number of alkyl halides is 2. The summed E-state index contributed by atoms with van der Waals surface area (Å²) in [6.45, 7) is 8.24. The van der Waals surface area contributed by atoms with Crippen molar-refractivity contribution >= 4 is 42.9 Å². The van der Waals surface area contributed by atoms with Crippen molar-refractivity contribution in [2.75, 3.05) is 10.4 Å². The van der Waals surface area contributed by atoms with E-state index in [4.69, 9.17) is 23.2 Å². The van der Waals surface area contributed by atoms with Crippen LogP contribution in [0.2, 0.25) is 0 Å². The lowest BCUT2D eigenvalue weighted by Crippen LogP contribution is -2.30. The van der Waals surface area contributed by atoms with Crippen LogP contribution in [0.25, 0.3) is 0 Å². The third kappa shape index (κ3) is 4.57. The molecule has 0 saturated heterocycles. The normalized spacial score (nSPS) is 28.3. The van der Waals surface area contributed by atoms with Crippen molar-refractivity contribution in [3.8, 4) is 0 Å². The molecule has 0 fully saturated rings. The van der Waals surface area contributed by atoms with Gasteiger partial charge in [-0.15, -0.1) is 23.2 Å². The zero-order chi connectivity index (χ0) is 27.0. The lowest BCUT2D eigenvalue weighted by atomic mass is 9.67. The van der Waals surface area contributed by atoms with Crippen LogP contribution in [0.4, 0.5) is 0 Å². The van der Waals surface area contributed by atoms with E-state index in [0.29, 0.717) is 25.7 Å². The molecule has 6 aliphatic rings. The Kier molecular flexibility index (Phi) is 6.81. The van der Waals surface area contributed by atoms with E-state index in [0.717, 1.165) is 62.5 Å². The standard InChI is InChI=1S/C30H34Cl2O4S2/c1-17-3-19-5-21-7-23-10-26-12-28-14-30(38(35,36)16-32)18(2)4-20(28)6-22(26)8-24(23)9-25(21)11-27(19)13-29(17)37(33,34)15-31/h29-30H,1-16H2. The van der Waals surface area contributed by atoms with E-state index in [-0.39, 0.29) is 10.4 Å². The summed E-state index contributed by atoms with van der Waals surface area (Å²) in [7, 11) is -6.72. The minimum atomic E-state index is -3.36. The molecule has 38 heavy (non-hydrogen) atoms. The van der Waals surface area contributed by atoms with E-state index in [9.17, 15) is 16.8 Å². The van der Waals surface area contributed by atoms with E-state index in [1.165, 1.54) is 44.6 Å². The van der Waals surface area contributed by atoms with Crippen LogP contribution in [-0.4, -0.2) is 37.8 Å². The highest BCUT2D eigenvalue weighted by molar-refractivity contribution is 7.93. The number of hydrogen-bond acceptors (Lipinski definition) is 4. The second kappa shape index (κ2) is 9.64. The van der Waals surface area contributed by atoms with Crippen molar-refractivity contribution in [1.29, 1.82) is 0 Å². The Hall–Kier alpha value is -1.34. The Bertz CT molecular complexity index is 1430. The van der Waals surface area contributed by atoms with Crippen molar-refractivity contribution in [1.82, 2.24) is 0 Å². The predicted octanol–water partition coefficient (Wildman–Crippen LogP) is 7.30. The van der Waals surface area contributed by atoms with Crippen LogP contribution in [0.3, 0.4) is 0 Å². The third-order valence-electron chi connectivity index (χ3n) is 9.74. The number of sulfone groups is 2. The van der Waals surface area contributed by atoms with Crippen LogP contribution in [-0.2, 0) is 19.7 Å². The molecule has 0 saturated carbocycles. The molecule has 0 radical (unpaired) electrons. The molecule has 0 aromatic carbocycles. The summed E-state index contributed by atoms with van der Waals surface area (Å²) in [5.74, 6) is 0. The molecule has 204 valence electrons. The van der Waals surface area contributed by atoms with Gasteiger partial charge >= 0.3 is 0 Å². The second-order valence-electron chi connectivity index (χ2n) is 12.0. The smallest absolute Gasteiger partial charge is 0.171 e. The fraction of sp³-hybridized carbons (Fsp3) is 0.533. The van der Waals surface area contributed by atoms with Gasteiger partial charge in [-0.2, -0.15) is 0 Å². The highest BCUT2D eigenvalue weighted by atomic mass is 35.5. The summed E-state index contributed by atoms with van der Waals surface area (Å²) >= 11 is 11.6. The fourth-order valence-corrected chi connectivity index (χ4v) is 11.0. The molecule has 8 heteroatoms. The minimum absolute atomic E-state index is 0.352. The zero-order valence-electron chi connectivity index (χ0n) is 21.7. The number of hydrogen-bond donors (Lipinski definition) is 0. The maximum absolute atomic E-state index is 12.6. The molecule has 0 N–H and O–H groups in total. The molecule has 0 aromatic heterocycles. The molecule has 4 nitrogen and oxygen atoms in total. The number of rotatable bonds is 4. The van der Waals surface area contributed by atoms with Gasteiger partial charge in [0.1, 0.15) is 10.4 Å². The van der Waals surface area contributed by atoms with Gasteiger partial charge in [0.25, 0.3) is 0 Å². The van der Waals surface area contributed by atoms with Crippen LogP contribution in [0.15, 0.2) is 80.0 Å². The first kappa shape index (κ1) is 26.9. The summed E-state index contributed by atoms with van der Waals surface area (Å²) < 4.78 is 50.2. The summed E-state index contributed by atoms with van der Waals surface area (Å²) in [6.07, 6.45) is 10.1. The van der Waals surface area contributed by atoms with E-state index in [2.05, 4.69) is 13.2 Å². The molecular weight excluding hydrogens is 559 g/mol. The largest absolute Gasteiger partial charge is 0.227 e. The van der Waals surface area contributed by atoms with Crippen LogP contribution >= 0.6 is 23.2 Å². The van der Waals surface area contributed by atoms with E-state index >= 15 is 0 Å². The van der Waals surface area contributed by atoms with Crippen LogP contribution in [0.1, 0.15) is 77.0 Å². The molecule has 0 bridgehead atoms. The molecular formula is C30H34Cl2O4S2. The molecule has 6 aliphatic carbocycles. The van der Waals surface area contributed by atoms with Crippen molar-refractivity contribution in [3.05, 3.63) is 80.0 Å². The Morgan fingerprint density at radius 1 is 0.474 bits per heavy atom. The van der Waals surface area contributed by atoms with Crippen LogP contribution in [0.5, 0.6) is 0 Å². The van der Waals surface area contributed by atoms with Gasteiger partial charge in [-0.05, 0) is 77.0 Å². The molecule has 6 rings (SSSR count). The van der Waals surface area contributed by atoms with Crippen LogP contribution < -0.4 is 0 Å². The Balaban J connectivity index is 1.16. The zero-order valence-corrected chi connectivity index (χ0v) is 24.8. The number of allylic oxidation sites excluding steroid dienone is 10. The van der Waals surface area contributed by atoms with Gasteiger partial charge in [-0.25, -0.2) is 16.8 Å². The maximum Gasteiger partial charge on any atom is 0.171 e. The molecule has 0 spiro atoms.